The quantitative estimate of drug-likeness (QED) is 0.582. The number of ether oxygens (including phenoxy) is 2. The summed E-state index contributed by atoms with van der Waals surface area (Å²) in [5.74, 6) is 1.01. The standard InChI is InChI=1S/C28H30N2O3S/c1-32-26-25(29-27(31)21-9-15-34-18-21)22-4-2-3-5-23(22)28(26)10-12-30(13-11-28)17-19-6-7-24-20(16-19)8-14-33-24/h2-7,9,15-16,18,25-26H,8,10-14,17H2,1H3,(H,29,31)/t25-,26+/m0/s1. The van der Waals surface area contributed by atoms with Gasteiger partial charge in [0.05, 0.1) is 24.3 Å². The number of thiophene rings is 1. The number of nitrogens with one attached hydrogen (secondary N) is 1. The van der Waals surface area contributed by atoms with Crippen LogP contribution in [0.4, 0.5) is 0 Å². The molecule has 34 heavy (non-hydrogen) atoms. The van der Waals surface area contributed by atoms with Crippen molar-refractivity contribution in [2.45, 2.75) is 43.4 Å². The second-order valence-electron chi connectivity index (χ2n) is 9.68. The van der Waals surface area contributed by atoms with E-state index in [4.69, 9.17) is 9.47 Å². The van der Waals surface area contributed by atoms with Crippen molar-refractivity contribution >= 4 is 17.2 Å². The molecule has 3 aromatic rings. The Labute approximate surface area is 204 Å². The number of nitrogens with zero attached hydrogens (tertiary/aromatic N) is 1. The number of hydrogen-bond acceptors (Lipinski definition) is 5. The fourth-order valence-corrected chi connectivity index (χ4v) is 6.89. The van der Waals surface area contributed by atoms with Gasteiger partial charge in [-0.2, -0.15) is 11.3 Å². The zero-order valence-corrected chi connectivity index (χ0v) is 20.3. The summed E-state index contributed by atoms with van der Waals surface area (Å²) >= 11 is 1.54. The van der Waals surface area contributed by atoms with Gasteiger partial charge in [0.1, 0.15) is 5.75 Å². The summed E-state index contributed by atoms with van der Waals surface area (Å²) in [6.07, 6.45) is 2.96. The molecule has 1 aliphatic carbocycles. The Morgan fingerprint density at radius 2 is 2.06 bits per heavy atom. The lowest BCUT2D eigenvalue weighted by Gasteiger charge is -2.44. The third kappa shape index (κ3) is 3.65. The van der Waals surface area contributed by atoms with E-state index >= 15 is 0 Å². The number of benzene rings is 2. The minimum atomic E-state index is -0.142. The molecule has 5 nitrogen and oxygen atoms in total. The van der Waals surface area contributed by atoms with Crippen LogP contribution < -0.4 is 10.1 Å². The minimum absolute atomic E-state index is 0.0295. The van der Waals surface area contributed by atoms with Gasteiger partial charge in [-0.15, -0.1) is 0 Å². The fraction of sp³-hybridized carbons (Fsp3) is 0.393. The van der Waals surface area contributed by atoms with Gasteiger partial charge in [0.15, 0.2) is 0 Å². The first kappa shape index (κ1) is 21.8. The van der Waals surface area contributed by atoms with Crippen LogP contribution in [0.15, 0.2) is 59.3 Å². The van der Waals surface area contributed by atoms with Gasteiger partial charge in [-0.1, -0.05) is 36.4 Å². The second-order valence-corrected chi connectivity index (χ2v) is 10.5. The van der Waals surface area contributed by atoms with E-state index in [1.807, 2.05) is 16.8 Å². The van der Waals surface area contributed by atoms with E-state index in [9.17, 15) is 4.79 Å². The first-order valence-electron chi connectivity index (χ1n) is 12.1. The summed E-state index contributed by atoms with van der Waals surface area (Å²) in [5.41, 5.74) is 5.86. The van der Waals surface area contributed by atoms with Crippen LogP contribution in [0.5, 0.6) is 5.75 Å². The van der Waals surface area contributed by atoms with E-state index in [1.165, 1.54) is 22.3 Å². The van der Waals surface area contributed by atoms with Crippen molar-refractivity contribution in [3.8, 4) is 5.75 Å². The van der Waals surface area contributed by atoms with Crippen LogP contribution in [0, 0.1) is 0 Å². The number of likely N-dealkylation sites (tertiary alicyclic amines) is 1. The number of fused-ring (bicyclic) bond motifs is 3. The van der Waals surface area contributed by atoms with Gasteiger partial charge in [0.25, 0.3) is 5.91 Å². The van der Waals surface area contributed by atoms with Crippen LogP contribution in [-0.2, 0) is 23.1 Å². The molecular formula is C28H30N2O3S. The zero-order chi connectivity index (χ0) is 23.1. The molecule has 1 amide bonds. The average Bonchev–Trinajstić information content (AvgIpc) is 3.61. The van der Waals surface area contributed by atoms with Crippen LogP contribution in [0.1, 0.15) is 51.5 Å². The lowest BCUT2D eigenvalue weighted by molar-refractivity contribution is -0.0122. The van der Waals surface area contributed by atoms with Crippen LogP contribution >= 0.6 is 11.3 Å². The second kappa shape index (κ2) is 8.84. The molecule has 0 bridgehead atoms. The molecule has 1 saturated heterocycles. The van der Waals surface area contributed by atoms with Gasteiger partial charge in [-0.05, 0) is 65.7 Å². The smallest absolute Gasteiger partial charge is 0.252 e. The summed E-state index contributed by atoms with van der Waals surface area (Å²) < 4.78 is 11.8. The number of rotatable bonds is 5. The molecule has 6 rings (SSSR count). The fourth-order valence-electron chi connectivity index (χ4n) is 6.25. The first-order valence-corrected chi connectivity index (χ1v) is 13.0. The Morgan fingerprint density at radius 1 is 1.21 bits per heavy atom. The molecule has 1 spiro atoms. The molecule has 1 aromatic heterocycles. The number of carbonyl (C=O) groups is 1. The normalized spacial score (nSPS) is 22.9. The topological polar surface area (TPSA) is 50.8 Å². The summed E-state index contributed by atoms with van der Waals surface area (Å²) in [4.78, 5) is 15.5. The largest absolute Gasteiger partial charge is 0.493 e. The molecule has 0 saturated carbocycles. The minimum Gasteiger partial charge on any atom is -0.493 e. The summed E-state index contributed by atoms with van der Waals surface area (Å²) in [6, 6.07) is 17.0. The molecular weight excluding hydrogens is 444 g/mol. The van der Waals surface area contributed by atoms with Gasteiger partial charge in [0, 0.05) is 30.9 Å². The molecule has 1 N–H and O–H groups in total. The molecule has 2 aromatic carbocycles. The van der Waals surface area contributed by atoms with Crippen molar-refractivity contribution in [2.75, 3.05) is 26.8 Å². The first-order chi connectivity index (χ1) is 16.7. The van der Waals surface area contributed by atoms with Gasteiger partial charge in [-0.25, -0.2) is 0 Å². The van der Waals surface area contributed by atoms with E-state index < -0.39 is 0 Å². The number of hydrogen-bond donors (Lipinski definition) is 1. The maximum Gasteiger partial charge on any atom is 0.252 e. The van der Waals surface area contributed by atoms with E-state index in [-0.39, 0.29) is 23.5 Å². The monoisotopic (exact) mass is 474 g/mol. The van der Waals surface area contributed by atoms with Gasteiger partial charge in [0.2, 0.25) is 0 Å². The Bertz CT molecular complexity index is 1180. The van der Waals surface area contributed by atoms with E-state index in [1.54, 1.807) is 18.4 Å². The van der Waals surface area contributed by atoms with Crippen LogP contribution in [-0.4, -0.2) is 43.7 Å². The number of methoxy groups -OCH3 is 1. The van der Waals surface area contributed by atoms with Crippen molar-refractivity contribution in [1.82, 2.24) is 10.2 Å². The number of carbonyl (C=O) groups excluding carboxylic acids is 1. The van der Waals surface area contributed by atoms with Crippen molar-refractivity contribution in [1.29, 1.82) is 0 Å². The van der Waals surface area contributed by atoms with Crippen LogP contribution in [0.2, 0.25) is 0 Å². The number of piperidine rings is 1. The molecule has 3 heterocycles. The van der Waals surface area contributed by atoms with Crippen molar-refractivity contribution in [3.63, 3.8) is 0 Å². The predicted octanol–water partition coefficient (Wildman–Crippen LogP) is 4.72. The van der Waals surface area contributed by atoms with Crippen molar-refractivity contribution in [3.05, 3.63) is 87.1 Å². The molecule has 176 valence electrons. The lowest BCUT2D eigenvalue weighted by atomic mass is 9.71. The SMILES string of the molecule is CO[C@@H]1[C@@H](NC(=O)c2ccsc2)c2ccccc2C12CCN(Cc1ccc3c(c1)CCO3)CC2. The third-order valence-corrected chi connectivity index (χ3v) is 8.60. The third-order valence-electron chi connectivity index (χ3n) is 7.91. The maximum absolute atomic E-state index is 13.0. The van der Waals surface area contributed by atoms with Gasteiger partial charge < -0.3 is 14.8 Å². The zero-order valence-electron chi connectivity index (χ0n) is 19.5. The highest BCUT2D eigenvalue weighted by Crippen LogP contribution is 2.52. The highest BCUT2D eigenvalue weighted by molar-refractivity contribution is 7.08. The van der Waals surface area contributed by atoms with Crippen LogP contribution in [0.25, 0.3) is 0 Å². The van der Waals surface area contributed by atoms with E-state index in [2.05, 4.69) is 52.7 Å². The van der Waals surface area contributed by atoms with E-state index in [0.717, 1.165) is 51.3 Å². The van der Waals surface area contributed by atoms with Gasteiger partial charge in [-0.3, -0.25) is 9.69 Å². The summed E-state index contributed by atoms with van der Waals surface area (Å²) in [5, 5.41) is 7.14. The molecule has 6 heteroatoms. The van der Waals surface area contributed by atoms with Crippen LogP contribution in [0.3, 0.4) is 0 Å². The molecule has 1 fully saturated rings. The Hall–Kier alpha value is -2.67. The van der Waals surface area contributed by atoms with Crippen molar-refractivity contribution in [2.24, 2.45) is 0 Å². The lowest BCUT2D eigenvalue weighted by Crippen LogP contribution is -2.50. The Balaban J connectivity index is 1.22. The molecule has 2 aliphatic heterocycles. The summed E-state index contributed by atoms with van der Waals surface area (Å²) in [6.45, 7) is 3.77. The Morgan fingerprint density at radius 3 is 2.85 bits per heavy atom. The summed E-state index contributed by atoms with van der Waals surface area (Å²) in [7, 11) is 1.79. The van der Waals surface area contributed by atoms with Crippen molar-refractivity contribution < 1.29 is 14.3 Å². The molecule has 0 unspecified atom stereocenters. The number of amides is 1. The average molecular weight is 475 g/mol. The Kier molecular flexibility index (Phi) is 5.68. The molecule has 0 radical (unpaired) electrons. The molecule has 2 atom stereocenters. The molecule has 3 aliphatic rings. The predicted molar refractivity (Wildman–Crippen MR) is 134 cm³/mol. The highest BCUT2D eigenvalue weighted by atomic mass is 32.1. The van der Waals surface area contributed by atoms with Gasteiger partial charge >= 0.3 is 0 Å². The maximum atomic E-state index is 13.0. The highest BCUT2D eigenvalue weighted by Gasteiger charge is 2.54. The van der Waals surface area contributed by atoms with E-state index in [0.29, 0.717) is 5.56 Å².